The predicted octanol–water partition coefficient (Wildman–Crippen LogP) is 3.24. The van der Waals surface area contributed by atoms with Gasteiger partial charge in [-0.1, -0.05) is 30.3 Å². The molecular weight excluding hydrogens is 290 g/mol. The Hall–Kier alpha value is -1.16. The summed E-state index contributed by atoms with van der Waals surface area (Å²) in [6.45, 7) is 4.00. The number of thioether (sulfide) groups is 1. The number of hydrogen-bond donors (Lipinski definition) is 2. The molecule has 2 N–H and O–H groups in total. The van der Waals surface area contributed by atoms with E-state index in [2.05, 4.69) is 59.7 Å². The van der Waals surface area contributed by atoms with E-state index in [1.807, 2.05) is 0 Å². The van der Waals surface area contributed by atoms with Crippen molar-refractivity contribution >= 4 is 17.7 Å². The largest absolute Gasteiger partial charge is 0.357 e. The Balaban J connectivity index is 1.50. The summed E-state index contributed by atoms with van der Waals surface area (Å²) in [5.41, 5.74) is 1.48. The number of hydrogen-bond acceptors (Lipinski definition) is 2. The van der Waals surface area contributed by atoms with Crippen LogP contribution < -0.4 is 10.6 Å². The maximum atomic E-state index is 4.83. The molecule has 1 heterocycles. The van der Waals surface area contributed by atoms with Crippen LogP contribution in [0.1, 0.15) is 37.7 Å². The maximum Gasteiger partial charge on any atom is 0.191 e. The summed E-state index contributed by atoms with van der Waals surface area (Å²) in [6, 6.07) is 11.4. The van der Waals surface area contributed by atoms with Crippen molar-refractivity contribution in [2.24, 2.45) is 10.9 Å². The highest BCUT2D eigenvalue weighted by Crippen LogP contribution is 2.47. The van der Waals surface area contributed by atoms with Crippen molar-refractivity contribution in [2.75, 3.05) is 24.6 Å². The second-order valence-corrected chi connectivity index (χ2v) is 7.44. The minimum atomic E-state index is 0.584. The second kappa shape index (κ2) is 7.91. The first-order valence-electron chi connectivity index (χ1n) is 8.54. The number of nitrogens with zero attached hydrogens (tertiary/aromatic N) is 1. The molecule has 3 nitrogen and oxygen atoms in total. The quantitative estimate of drug-likeness (QED) is 0.646. The van der Waals surface area contributed by atoms with Gasteiger partial charge in [0.05, 0.1) is 0 Å². The predicted molar refractivity (Wildman–Crippen MR) is 96.8 cm³/mol. The van der Waals surface area contributed by atoms with E-state index in [1.165, 1.54) is 36.3 Å². The Kier molecular flexibility index (Phi) is 5.65. The minimum Gasteiger partial charge on any atom is -0.357 e. The lowest BCUT2D eigenvalue weighted by molar-refractivity contribution is 0.581. The Bertz CT molecular complexity index is 482. The number of nitrogens with one attached hydrogen (secondary N) is 2. The van der Waals surface area contributed by atoms with Gasteiger partial charge in [0.2, 0.25) is 0 Å². The molecule has 1 aliphatic heterocycles. The summed E-state index contributed by atoms with van der Waals surface area (Å²) < 4.78 is 0. The Labute approximate surface area is 138 Å². The fraction of sp³-hybridized carbons (Fsp3) is 0.611. The maximum absolute atomic E-state index is 4.83. The zero-order valence-electron chi connectivity index (χ0n) is 13.4. The van der Waals surface area contributed by atoms with Gasteiger partial charge in [0.15, 0.2) is 5.96 Å². The van der Waals surface area contributed by atoms with Crippen LogP contribution in [0.3, 0.4) is 0 Å². The van der Waals surface area contributed by atoms with E-state index in [9.17, 15) is 0 Å². The van der Waals surface area contributed by atoms with Crippen molar-refractivity contribution in [1.82, 2.24) is 10.6 Å². The van der Waals surface area contributed by atoms with Gasteiger partial charge in [-0.05, 0) is 49.3 Å². The number of guanidine groups is 1. The molecule has 3 unspecified atom stereocenters. The van der Waals surface area contributed by atoms with E-state index in [4.69, 9.17) is 4.99 Å². The van der Waals surface area contributed by atoms with E-state index < -0.39 is 0 Å². The minimum absolute atomic E-state index is 0.584. The third-order valence-corrected chi connectivity index (χ3v) is 5.70. The summed E-state index contributed by atoms with van der Waals surface area (Å²) in [5, 5.41) is 7.01. The fourth-order valence-electron chi connectivity index (χ4n) is 3.13. The van der Waals surface area contributed by atoms with Crippen molar-refractivity contribution in [3.05, 3.63) is 35.9 Å². The van der Waals surface area contributed by atoms with Crippen molar-refractivity contribution < 1.29 is 0 Å². The summed E-state index contributed by atoms with van der Waals surface area (Å²) >= 11 is 2.05. The van der Waals surface area contributed by atoms with E-state index >= 15 is 0 Å². The molecule has 0 amide bonds. The summed E-state index contributed by atoms with van der Waals surface area (Å²) in [7, 11) is 0. The number of aliphatic imine (C=N–C) groups is 1. The highest BCUT2D eigenvalue weighted by molar-refractivity contribution is 7.99. The van der Waals surface area contributed by atoms with Crippen LogP contribution in [0.25, 0.3) is 0 Å². The zero-order valence-corrected chi connectivity index (χ0v) is 14.2. The smallest absolute Gasteiger partial charge is 0.191 e. The van der Waals surface area contributed by atoms with Gasteiger partial charge in [0.25, 0.3) is 0 Å². The van der Waals surface area contributed by atoms with Crippen molar-refractivity contribution in [3.63, 3.8) is 0 Å². The van der Waals surface area contributed by atoms with Crippen LogP contribution in [0.2, 0.25) is 0 Å². The molecule has 1 saturated carbocycles. The molecule has 3 rings (SSSR count). The lowest BCUT2D eigenvalue weighted by Crippen LogP contribution is -2.45. The number of rotatable bonds is 5. The lowest BCUT2D eigenvalue weighted by Gasteiger charge is -2.24. The van der Waals surface area contributed by atoms with Gasteiger partial charge in [-0.25, -0.2) is 0 Å². The lowest BCUT2D eigenvalue weighted by atomic mass is 10.1. The van der Waals surface area contributed by atoms with Crippen LogP contribution in [0.4, 0.5) is 0 Å². The summed E-state index contributed by atoms with van der Waals surface area (Å²) in [4.78, 5) is 4.83. The summed E-state index contributed by atoms with van der Waals surface area (Å²) in [5.74, 6) is 4.97. The van der Waals surface area contributed by atoms with Gasteiger partial charge in [-0.3, -0.25) is 4.99 Å². The van der Waals surface area contributed by atoms with E-state index in [-0.39, 0.29) is 0 Å². The highest BCUT2D eigenvalue weighted by atomic mass is 32.2. The summed E-state index contributed by atoms with van der Waals surface area (Å²) in [6.07, 6.45) is 3.88. The van der Waals surface area contributed by atoms with Crippen molar-refractivity contribution in [3.8, 4) is 0 Å². The monoisotopic (exact) mass is 317 g/mol. The Morgan fingerprint density at radius 3 is 2.91 bits per heavy atom. The van der Waals surface area contributed by atoms with Crippen LogP contribution in [-0.2, 0) is 0 Å². The van der Waals surface area contributed by atoms with Gasteiger partial charge in [-0.2, -0.15) is 11.8 Å². The third kappa shape index (κ3) is 4.42. The average molecular weight is 318 g/mol. The van der Waals surface area contributed by atoms with E-state index in [0.717, 1.165) is 30.9 Å². The standard InChI is InChI=1S/C18H27N3S/c1-2-19-18(21-16-9-6-10-22-13-16)20-12-15-11-17(15)14-7-4-3-5-8-14/h3-5,7-8,15-17H,2,6,9-13H2,1H3,(H2,19,20,21). The van der Waals surface area contributed by atoms with Gasteiger partial charge in [0, 0.05) is 24.9 Å². The van der Waals surface area contributed by atoms with Gasteiger partial charge in [0.1, 0.15) is 0 Å². The van der Waals surface area contributed by atoms with Crippen molar-refractivity contribution in [1.29, 1.82) is 0 Å². The molecule has 22 heavy (non-hydrogen) atoms. The van der Waals surface area contributed by atoms with Gasteiger partial charge >= 0.3 is 0 Å². The van der Waals surface area contributed by atoms with E-state index in [0.29, 0.717) is 6.04 Å². The molecular formula is C18H27N3S. The SMILES string of the molecule is CCNC(=NCC1CC1c1ccccc1)NC1CCCSC1. The molecule has 1 aromatic carbocycles. The first kappa shape index (κ1) is 15.7. The molecule has 4 heteroatoms. The third-order valence-electron chi connectivity index (χ3n) is 4.48. The molecule has 0 radical (unpaired) electrons. The van der Waals surface area contributed by atoms with E-state index in [1.54, 1.807) is 0 Å². The first-order valence-corrected chi connectivity index (χ1v) is 9.70. The van der Waals surface area contributed by atoms with Crippen LogP contribution in [0.5, 0.6) is 0 Å². The van der Waals surface area contributed by atoms with Crippen molar-refractivity contribution in [2.45, 2.75) is 38.1 Å². The second-order valence-electron chi connectivity index (χ2n) is 6.29. The Morgan fingerprint density at radius 1 is 1.32 bits per heavy atom. The van der Waals surface area contributed by atoms with Crippen LogP contribution in [0.15, 0.2) is 35.3 Å². The molecule has 3 atom stereocenters. The van der Waals surface area contributed by atoms with Crippen LogP contribution >= 0.6 is 11.8 Å². The van der Waals surface area contributed by atoms with Crippen LogP contribution in [-0.4, -0.2) is 36.6 Å². The number of benzene rings is 1. The van der Waals surface area contributed by atoms with Crippen LogP contribution in [0, 0.1) is 5.92 Å². The normalized spacial score (nSPS) is 28.2. The molecule has 2 aliphatic rings. The fourth-order valence-corrected chi connectivity index (χ4v) is 4.21. The molecule has 0 aromatic heterocycles. The molecule has 0 bridgehead atoms. The molecule has 1 aromatic rings. The molecule has 0 spiro atoms. The first-order chi connectivity index (χ1) is 10.9. The van der Waals surface area contributed by atoms with Gasteiger partial charge in [-0.15, -0.1) is 0 Å². The van der Waals surface area contributed by atoms with Gasteiger partial charge < -0.3 is 10.6 Å². The highest BCUT2D eigenvalue weighted by Gasteiger charge is 2.37. The topological polar surface area (TPSA) is 36.4 Å². The zero-order chi connectivity index (χ0) is 15.2. The molecule has 120 valence electrons. The molecule has 1 aliphatic carbocycles. The molecule has 2 fully saturated rings. The molecule has 1 saturated heterocycles. The Morgan fingerprint density at radius 2 is 2.18 bits per heavy atom. The average Bonchev–Trinajstić information content (AvgIpc) is 3.34.